The summed E-state index contributed by atoms with van der Waals surface area (Å²) in [5, 5.41) is 4.24. The molecular formula is C23H23ClN2. The minimum absolute atomic E-state index is 0.237. The number of rotatable bonds is 4. The van der Waals surface area contributed by atoms with Crippen LogP contribution in [0, 0.1) is 0 Å². The normalized spacial score (nSPS) is 16.3. The average molecular weight is 363 g/mol. The first-order valence-electron chi connectivity index (χ1n) is 9.17. The first-order chi connectivity index (χ1) is 12.8. The second-order valence-electron chi connectivity index (χ2n) is 6.73. The Hall–Kier alpha value is -2.13. The maximum atomic E-state index is 6.29. The zero-order chi connectivity index (χ0) is 17.8. The van der Waals surface area contributed by atoms with E-state index in [2.05, 4.69) is 76.9 Å². The van der Waals surface area contributed by atoms with Gasteiger partial charge in [-0.1, -0.05) is 78.3 Å². The molecule has 1 heterocycles. The maximum absolute atomic E-state index is 6.29. The molecule has 132 valence electrons. The molecule has 0 spiro atoms. The van der Waals surface area contributed by atoms with Gasteiger partial charge in [0.25, 0.3) is 0 Å². The Balaban J connectivity index is 1.69. The molecule has 0 saturated carbocycles. The summed E-state index contributed by atoms with van der Waals surface area (Å²) < 4.78 is 0. The molecule has 26 heavy (non-hydrogen) atoms. The quantitative estimate of drug-likeness (QED) is 0.702. The Kier molecular flexibility index (Phi) is 5.35. The van der Waals surface area contributed by atoms with Crippen molar-refractivity contribution >= 4 is 11.6 Å². The van der Waals surface area contributed by atoms with E-state index in [0.717, 1.165) is 31.2 Å². The van der Waals surface area contributed by atoms with E-state index in [0.29, 0.717) is 0 Å². The number of nitrogens with one attached hydrogen (secondary N) is 1. The summed E-state index contributed by atoms with van der Waals surface area (Å²) >= 11 is 6.29. The fourth-order valence-electron chi connectivity index (χ4n) is 3.72. The molecule has 1 saturated heterocycles. The van der Waals surface area contributed by atoms with Gasteiger partial charge in [0.2, 0.25) is 0 Å². The number of nitrogens with zero attached hydrogens (tertiary/aromatic N) is 1. The van der Waals surface area contributed by atoms with Gasteiger partial charge in [-0.05, 0) is 34.4 Å². The van der Waals surface area contributed by atoms with E-state index in [9.17, 15) is 0 Å². The lowest BCUT2D eigenvalue weighted by Crippen LogP contribution is -2.45. The number of benzene rings is 3. The van der Waals surface area contributed by atoms with Crippen molar-refractivity contribution in [1.82, 2.24) is 10.2 Å². The van der Waals surface area contributed by atoms with Crippen molar-refractivity contribution in [3.8, 4) is 11.1 Å². The van der Waals surface area contributed by atoms with Crippen molar-refractivity contribution in [2.75, 3.05) is 26.2 Å². The highest BCUT2D eigenvalue weighted by Gasteiger charge is 2.24. The minimum atomic E-state index is 0.237. The van der Waals surface area contributed by atoms with Gasteiger partial charge in [-0.25, -0.2) is 0 Å². The summed E-state index contributed by atoms with van der Waals surface area (Å²) in [5.74, 6) is 0. The predicted octanol–water partition coefficient (Wildman–Crippen LogP) is 5.00. The molecule has 1 N–H and O–H groups in total. The van der Waals surface area contributed by atoms with Gasteiger partial charge in [0, 0.05) is 31.2 Å². The van der Waals surface area contributed by atoms with Gasteiger partial charge in [0.15, 0.2) is 0 Å². The molecule has 4 rings (SSSR count). The molecule has 0 aromatic heterocycles. The zero-order valence-corrected chi connectivity index (χ0v) is 15.5. The van der Waals surface area contributed by atoms with E-state index in [1.54, 1.807) is 0 Å². The first kappa shape index (κ1) is 17.3. The summed E-state index contributed by atoms with van der Waals surface area (Å²) in [6, 6.07) is 28.0. The lowest BCUT2D eigenvalue weighted by atomic mass is 9.94. The van der Waals surface area contributed by atoms with Crippen LogP contribution in [0.5, 0.6) is 0 Å². The fourth-order valence-corrected chi connectivity index (χ4v) is 3.92. The van der Waals surface area contributed by atoms with Crippen LogP contribution in [0.2, 0.25) is 5.02 Å². The first-order valence-corrected chi connectivity index (χ1v) is 9.55. The second-order valence-corrected chi connectivity index (χ2v) is 7.17. The number of hydrogen-bond acceptors (Lipinski definition) is 2. The summed E-state index contributed by atoms with van der Waals surface area (Å²) in [7, 11) is 0. The van der Waals surface area contributed by atoms with Crippen LogP contribution in [0.15, 0.2) is 78.9 Å². The molecule has 2 nitrogen and oxygen atoms in total. The van der Waals surface area contributed by atoms with Crippen LogP contribution in [0.25, 0.3) is 11.1 Å². The number of hydrogen-bond donors (Lipinski definition) is 1. The van der Waals surface area contributed by atoms with Gasteiger partial charge >= 0.3 is 0 Å². The topological polar surface area (TPSA) is 15.3 Å². The van der Waals surface area contributed by atoms with Gasteiger partial charge in [0.1, 0.15) is 0 Å². The van der Waals surface area contributed by atoms with Crippen molar-refractivity contribution in [2.45, 2.75) is 6.04 Å². The van der Waals surface area contributed by atoms with E-state index < -0.39 is 0 Å². The lowest BCUT2D eigenvalue weighted by molar-refractivity contribution is 0.198. The van der Waals surface area contributed by atoms with Gasteiger partial charge in [-0.15, -0.1) is 0 Å². The second kappa shape index (κ2) is 8.05. The predicted molar refractivity (Wildman–Crippen MR) is 110 cm³/mol. The van der Waals surface area contributed by atoms with E-state index in [-0.39, 0.29) is 6.04 Å². The highest BCUT2D eigenvalue weighted by atomic mass is 35.5. The van der Waals surface area contributed by atoms with Crippen LogP contribution < -0.4 is 5.32 Å². The summed E-state index contributed by atoms with van der Waals surface area (Å²) in [6.45, 7) is 4.13. The Bertz CT molecular complexity index is 840. The Labute approximate surface area is 160 Å². The molecule has 0 bridgehead atoms. The lowest BCUT2D eigenvalue weighted by Gasteiger charge is -2.35. The standard InChI is InChI=1S/C23H23ClN2/c24-22-8-4-7-21(17-22)23(26-15-13-25-14-16-26)20-11-9-19(10-12-20)18-5-2-1-3-6-18/h1-12,17,23,25H,13-16H2. The highest BCUT2D eigenvalue weighted by molar-refractivity contribution is 6.30. The maximum Gasteiger partial charge on any atom is 0.0603 e. The summed E-state index contributed by atoms with van der Waals surface area (Å²) in [5.41, 5.74) is 5.07. The van der Waals surface area contributed by atoms with Crippen molar-refractivity contribution in [3.05, 3.63) is 95.0 Å². The zero-order valence-electron chi connectivity index (χ0n) is 14.7. The van der Waals surface area contributed by atoms with Crippen LogP contribution in [0.3, 0.4) is 0 Å². The third kappa shape index (κ3) is 3.83. The van der Waals surface area contributed by atoms with Crippen LogP contribution in [-0.2, 0) is 0 Å². The molecule has 1 fully saturated rings. The molecule has 3 aromatic carbocycles. The van der Waals surface area contributed by atoms with Gasteiger partial charge < -0.3 is 5.32 Å². The van der Waals surface area contributed by atoms with E-state index in [1.807, 2.05) is 12.1 Å². The smallest absolute Gasteiger partial charge is 0.0603 e. The average Bonchev–Trinajstić information content (AvgIpc) is 2.70. The number of halogens is 1. The molecule has 1 aliphatic heterocycles. The van der Waals surface area contributed by atoms with Gasteiger partial charge in [-0.3, -0.25) is 4.90 Å². The highest BCUT2D eigenvalue weighted by Crippen LogP contribution is 2.32. The molecule has 0 aliphatic carbocycles. The van der Waals surface area contributed by atoms with E-state index in [1.165, 1.54) is 22.3 Å². The monoisotopic (exact) mass is 362 g/mol. The Morgan fingerprint density at radius 3 is 2.12 bits per heavy atom. The molecule has 3 heteroatoms. The minimum Gasteiger partial charge on any atom is -0.314 e. The molecule has 1 aliphatic rings. The van der Waals surface area contributed by atoms with Crippen molar-refractivity contribution in [1.29, 1.82) is 0 Å². The van der Waals surface area contributed by atoms with Crippen LogP contribution in [0.4, 0.5) is 0 Å². The number of piperazine rings is 1. The Morgan fingerprint density at radius 2 is 1.42 bits per heavy atom. The SMILES string of the molecule is Clc1cccc(C(c2ccc(-c3ccccc3)cc2)N2CCNCC2)c1. The van der Waals surface area contributed by atoms with Crippen LogP contribution >= 0.6 is 11.6 Å². The third-order valence-electron chi connectivity index (χ3n) is 5.01. The van der Waals surface area contributed by atoms with Crippen LogP contribution in [0.1, 0.15) is 17.2 Å². The Morgan fingerprint density at radius 1 is 0.731 bits per heavy atom. The van der Waals surface area contributed by atoms with Gasteiger partial charge in [-0.2, -0.15) is 0 Å². The molecule has 0 radical (unpaired) electrons. The summed E-state index contributed by atoms with van der Waals surface area (Å²) in [6.07, 6.45) is 0. The molecular weight excluding hydrogens is 340 g/mol. The van der Waals surface area contributed by atoms with Crippen molar-refractivity contribution in [2.24, 2.45) is 0 Å². The molecule has 0 amide bonds. The van der Waals surface area contributed by atoms with Crippen molar-refractivity contribution in [3.63, 3.8) is 0 Å². The molecule has 1 unspecified atom stereocenters. The molecule has 3 aromatic rings. The largest absolute Gasteiger partial charge is 0.314 e. The van der Waals surface area contributed by atoms with E-state index in [4.69, 9.17) is 11.6 Å². The van der Waals surface area contributed by atoms with E-state index >= 15 is 0 Å². The fraction of sp³-hybridized carbons (Fsp3) is 0.217. The summed E-state index contributed by atoms with van der Waals surface area (Å²) in [4.78, 5) is 2.54. The van der Waals surface area contributed by atoms with Crippen LogP contribution in [-0.4, -0.2) is 31.1 Å². The molecule has 1 atom stereocenters. The van der Waals surface area contributed by atoms with Gasteiger partial charge in [0.05, 0.1) is 6.04 Å². The van der Waals surface area contributed by atoms with Crippen molar-refractivity contribution < 1.29 is 0 Å². The third-order valence-corrected chi connectivity index (χ3v) is 5.25.